The summed E-state index contributed by atoms with van der Waals surface area (Å²) < 4.78 is 0. The van der Waals surface area contributed by atoms with E-state index in [9.17, 15) is 0 Å². The molecule has 0 saturated heterocycles. The highest BCUT2D eigenvalue weighted by Gasteiger charge is 1.82. The number of nitrogens with zero attached hydrogens (tertiary/aromatic N) is 18. The Morgan fingerprint density at radius 2 is 0.388 bits per heavy atom. The molecule has 0 saturated carbocycles. The second-order valence-electron chi connectivity index (χ2n) is 20.2. The van der Waals surface area contributed by atoms with Crippen molar-refractivity contribution in [2.45, 2.75) is 96.9 Å². The van der Waals surface area contributed by atoms with Gasteiger partial charge < -0.3 is 0 Å². The van der Waals surface area contributed by atoms with E-state index in [1.54, 1.807) is 130 Å². The van der Waals surface area contributed by atoms with Gasteiger partial charge in [0.1, 0.15) is 41.8 Å². The lowest BCUT2D eigenvalue weighted by Gasteiger charge is -1.82. The van der Waals surface area contributed by atoms with Crippen LogP contribution in [-0.2, 0) is 0 Å². The molecule has 0 aliphatic heterocycles. The lowest BCUT2D eigenvalue weighted by molar-refractivity contribution is 0.974. The number of aromatic nitrogens is 18. The second-order valence-corrected chi connectivity index (χ2v) is 20.2. The minimum Gasteiger partial charge on any atom is -0.265 e. The molecule has 2 aromatic carbocycles. The van der Waals surface area contributed by atoms with Crippen LogP contribution in [0.3, 0.4) is 0 Å². The molecule has 14 aromatic rings. The Morgan fingerprint density at radius 1 is 0.153 bits per heavy atom. The smallest absolute Gasteiger partial charge is 0.128 e. The Labute approximate surface area is 581 Å². The minimum atomic E-state index is 0.759. The molecule has 12 aromatic heterocycles. The lowest BCUT2D eigenvalue weighted by Crippen LogP contribution is -1.84. The van der Waals surface area contributed by atoms with E-state index in [2.05, 4.69) is 128 Å². The average Bonchev–Trinajstić information content (AvgIpc) is 3.63. The molecule has 0 aliphatic carbocycles. The molecule has 0 spiro atoms. The fourth-order valence-electron chi connectivity index (χ4n) is 5.95. The summed E-state index contributed by atoms with van der Waals surface area (Å²) in [5, 5.41) is 0. The number of benzene rings is 2. The molecular weight excluding hydrogens is 1210 g/mol. The second kappa shape index (κ2) is 59.8. The van der Waals surface area contributed by atoms with Crippen LogP contribution in [0, 0.1) is 96.9 Å². The molecule has 0 bridgehead atoms. The third kappa shape index (κ3) is 57.7. The predicted octanol–water partition coefficient (Wildman–Crippen LogP) is 17.0. The molecule has 98 heavy (non-hydrogen) atoms. The maximum Gasteiger partial charge on any atom is 0.128 e. The predicted molar refractivity (Wildman–Crippen MR) is 397 cm³/mol. The zero-order valence-electron chi connectivity index (χ0n) is 59.1. The van der Waals surface area contributed by atoms with Crippen molar-refractivity contribution in [3.8, 4) is 0 Å². The van der Waals surface area contributed by atoms with E-state index in [-0.39, 0.29) is 0 Å². The zero-order valence-corrected chi connectivity index (χ0v) is 59.1. The van der Waals surface area contributed by atoms with E-state index in [4.69, 9.17) is 0 Å². The summed E-state index contributed by atoms with van der Waals surface area (Å²) in [6, 6.07) is 61.1. The molecule has 0 N–H and O–H groups in total. The number of hydrogen-bond donors (Lipinski definition) is 0. The SMILES string of the molecule is Cc1ccccc1.Cc1ccccc1.Cc1ccccn1.Cc1ccccn1.Cc1ccccn1.Cc1cccnc1.Cc1cccnc1.Cc1ccncc1.Cc1ccncc1.Cc1ncccn1.Cc1ncccn1.Cc1ncccn1.Cc1ncccn1.Cc1ncncn1. The van der Waals surface area contributed by atoms with Crippen LogP contribution in [0.1, 0.15) is 79.6 Å². The first kappa shape index (κ1) is 83.8. The number of pyridine rings is 7. The van der Waals surface area contributed by atoms with E-state index >= 15 is 0 Å². The largest absolute Gasteiger partial charge is 0.265 e. The number of hydrogen-bond acceptors (Lipinski definition) is 18. The molecule has 12 heterocycles. The maximum atomic E-state index is 3.98. The van der Waals surface area contributed by atoms with Gasteiger partial charge in [-0.15, -0.1) is 0 Å². The van der Waals surface area contributed by atoms with Crippen molar-refractivity contribution in [1.82, 2.24) is 89.7 Å². The van der Waals surface area contributed by atoms with Crippen LogP contribution < -0.4 is 0 Å². The van der Waals surface area contributed by atoms with E-state index in [1.165, 1.54) is 46.0 Å². The summed E-state index contributed by atoms with van der Waals surface area (Å²) in [4.78, 5) is 69.5. The number of aryl methyl sites for hydroxylation is 14. The summed E-state index contributed by atoms with van der Waals surface area (Å²) >= 11 is 0. The molecule has 0 unspecified atom stereocenters. The van der Waals surface area contributed by atoms with Crippen molar-refractivity contribution in [3.05, 3.63) is 398 Å². The quantitative estimate of drug-likeness (QED) is 0.137. The van der Waals surface area contributed by atoms with Crippen LogP contribution in [0.25, 0.3) is 0 Å². The van der Waals surface area contributed by atoms with E-state index in [1.807, 2.05) is 235 Å². The summed E-state index contributed by atoms with van der Waals surface area (Å²) in [5.74, 6) is 4.05. The third-order valence-electron chi connectivity index (χ3n) is 11.0. The zero-order chi connectivity index (χ0) is 71.6. The molecule has 0 amide bonds. The molecule has 0 atom stereocenters. The van der Waals surface area contributed by atoms with Gasteiger partial charge >= 0.3 is 0 Å². The Balaban J connectivity index is 0.000000528. The van der Waals surface area contributed by atoms with Crippen molar-refractivity contribution in [3.63, 3.8) is 0 Å². The van der Waals surface area contributed by atoms with Gasteiger partial charge in [0.25, 0.3) is 0 Å². The van der Waals surface area contributed by atoms with Crippen molar-refractivity contribution >= 4 is 0 Å². The standard InChI is InChI=1S/2C7H8.7C6H7N.4C5H6N2.C4H5N3/c2*1-7-5-3-2-4-6-7;2*1-6-2-4-7-5-3-6;2*1-6-3-2-4-7-5-6;3*1-6-4-2-3-5-7-6;4*1-5-6-3-2-4-7-5;1-4-6-2-5-3-7-4/h2*2-6H,1H3;7*2-5H,1H3;4*2-4H,1H3;2-3H,1H3. The minimum absolute atomic E-state index is 0.759. The first-order valence-electron chi connectivity index (χ1n) is 31.2. The summed E-state index contributed by atoms with van der Waals surface area (Å²) in [6.07, 6.45) is 36.5. The Kier molecular flexibility index (Phi) is 51.2. The molecule has 0 radical (unpaired) electrons. The highest BCUT2D eigenvalue weighted by Crippen LogP contribution is 1.95. The van der Waals surface area contributed by atoms with Crippen LogP contribution in [0.4, 0.5) is 0 Å². The van der Waals surface area contributed by atoms with Crippen LogP contribution in [-0.4, -0.2) is 89.7 Å². The normalized spacial score (nSPS) is 8.71. The Bertz CT molecular complexity index is 2890. The van der Waals surface area contributed by atoms with Crippen LogP contribution in [0.2, 0.25) is 0 Å². The average molecular weight is 1310 g/mol. The molecule has 14 rings (SSSR count). The first-order valence-corrected chi connectivity index (χ1v) is 31.2. The van der Waals surface area contributed by atoms with Crippen molar-refractivity contribution < 1.29 is 0 Å². The molecule has 504 valence electrons. The van der Waals surface area contributed by atoms with Crippen molar-refractivity contribution in [2.24, 2.45) is 0 Å². The third-order valence-corrected chi connectivity index (χ3v) is 11.0. The van der Waals surface area contributed by atoms with Crippen molar-refractivity contribution in [1.29, 1.82) is 0 Å². The fraction of sp³-hybridized carbons (Fsp3) is 0.175. The van der Waals surface area contributed by atoms with Gasteiger partial charge in [-0.25, -0.2) is 54.8 Å². The monoisotopic (exact) mass is 1310 g/mol. The van der Waals surface area contributed by atoms with Crippen molar-refractivity contribution in [2.75, 3.05) is 0 Å². The molecule has 0 aliphatic rings. The Hall–Kier alpha value is -12.2. The van der Waals surface area contributed by atoms with Crippen LogP contribution in [0.5, 0.6) is 0 Å². The fourth-order valence-corrected chi connectivity index (χ4v) is 5.95. The first-order chi connectivity index (χ1) is 47.5. The van der Waals surface area contributed by atoms with Gasteiger partial charge in [-0.2, -0.15) is 0 Å². The highest BCUT2D eigenvalue weighted by molar-refractivity contribution is 5.13. The van der Waals surface area contributed by atoms with E-state index in [0.29, 0.717) is 0 Å². The molecule has 18 heteroatoms. The molecule has 18 nitrogen and oxygen atoms in total. The van der Waals surface area contributed by atoms with E-state index in [0.717, 1.165) is 46.2 Å². The summed E-state index contributed by atoms with van der Waals surface area (Å²) in [6.45, 7) is 27.5. The van der Waals surface area contributed by atoms with Gasteiger partial charge in [0, 0.05) is 135 Å². The van der Waals surface area contributed by atoms with Gasteiger partial charge in [0.2, 0.25) is 0 Å². The van der Waals surface area contributed by atoms with Gasteiger partial charge in [0.15, 0.2) is 0 Å². The Morgan fingerprint density at radius 3 is 0.510 bits per heavy atom. The summed E-state index contributed by atoms with van der Waals surface area (Å²) in [7, 11) is 0. The molecular formula is C80H94N18. The van der Waals surface area contributed by atoms with Gasteiger partial charge in [-0.1, -0.05) is 102 Å². The van der Waals surface area contributed by atoms with Gasteiger partial charge in [-0.05, 0) is 216 Å². The van der Waals surface area contributed by atoms with Crippen LogP contribution in [0.15, 0.2) is 318 Å². The lowest BCUT2D eigenvalue weighted by atomic mass is 10.2. The van der Waals surface area contributed by atoms with Gasteiger partial charge in [-0.3, -0.25) is 34.9 Å². The maximum absolute atomic E-state index is 3.98. The summed E-state index contributed by atoms with van der Waals surface area (Å²) in [5.41, 5.74) is 10.8. The van der Waals surface area contributed by atoms with Gasteiger partial charge in [0.05, 0.1) is 0 Å². The number of rotatable bonds is 0. The topological polar surface area (TPSA) is 232 Å². The van der Waals surface area contributed by atoms with E-state index < -0.39 is 0 Å². The van der Waals surface area contributed by atoms with Crippen LogP contribution >= 0.6 is 0 Å². The molecule has 0 fully saturated rings. The highest BCUT2D eigenvalue weighted by atomic mass is 15.0.